The van der Waals surface area contributed by atoms with E-state index < -0.39 is 0 Å². The van der Waals surface area contributed by atoms with E-state index in [-0.39, 0.29) is 17.4 Å². The summed E-state index contributed by atoms with van der Waals surface area (Å²) in [4.78, 5) is 11.9. The summed E-state index contributed by atoms with van der Waals surface area (Å²) in [6.07, 6.45) is 2.72. The molecule has 0 fully saturated rings. The van der Waals surface area contributed by atoms with Gasteiger partial charge in [-0.1, -0.05) is 6.92 Å². The Balaban J connectivity index is 2.02. The van der Waals surface area contributed by atoms with E-state index in [0.29, 0.717) is 6.54 Å². The van der Waals surface area contributed by atoms with E-state index >= 15 is 0 Å². The number of nitrogens with two attached hydrogens (primary N) is 1. The van der Waals surface area contributed by atoms with Crippen LogP contribution in [-0.4, -0.2) is 25.9 Å². The third-order valence-electron chi connectivity index (χ3n) is 2.68. The molecule has 19 heavy (non-hydrogen) atoms. The van der Waals surface area contributed by atoms with Crippen LogP contribution in [0.15, 0.2) is 18.3 Å². The number of rotatable bonds is 4. The highest BCUT2D eigenvalue weighted by atomic mass is 16.1. The lowest BCUT2D eigenvalue weighted by Gasteiger charge is -2.03. The monoisotopic (exact) mass is 260 g/mol. The molecule has 0 aliphatic carbocycles. The number of hydrogen-bond donors (Lipinski definition) is 2. The Hall–Kier alpha value is -2.44. The molecule has 0 aliphatic rings. The number of amides is 1. The van der Waals surface area contributed by atoms with Crippen LogP contribution in [0.1, 0.15) is 28.7 Å². The fraction of sp³-hybridized carbons (Fsp3) is 0.333. The Morgan fingerprint density at radius 2 is 2.21 bits per heavy atom. The summed E-state index contributed by atoms with van der Waals surface area (Å²) in [6, 6.07) is 3.09. The number of carbonyl (C=O) groups is 1. The number of hydrogen-bond acceptors (Lipinski definition) is 5. The molecule has 2 heterocycles. The summed E-state index contributed by atoms with van der Waals surface area (Å²) < 4.78 is 1.74. The zero-order chi connectivity index (χ0) is 13.8. The summed E-state index contributed by atoms with van der Waals surface area (Å²) in [5.74, 6) is 0.00971. The molecule has 1 amide bonds. The van der Waals surface area contributed by atoms with Crippen molar-refractivity contribution in [3.05, 3.63) is 35.3 Å². The molecule has 2 aromatic rings. The van der Waals surface area contributed by atoms with Gasteiger partial charge >= 0.3 is 0 Å². The minimum Gasteiger partial charge on any atom is -0.382 e. The minimum absolute atomic E-state index is 0.246. The summed E-state index contributed by atoms with van der Waals surface area (Å²) in [7, 11) is 1.86. The van der Waals surface area contributed by atoms with Crippen LogP contribution in [0.4, 0.5) is 5.82 Å². The van der Waals surface area contributed by atoms with Gasteiger partial charge in [0.25, 0.3) is 5.91 Å². The van der Waals surface area contributed by atoms with E-state index in [1.807, 2.05) is 20.2 Å². The molecule has 0 aliphatic heterocycles. The number of anilines is 1. The standard InChI is InChI=1S/C12H16N6O/c1-3-9-8(7-18(2)17-9)6-14-12(19)10-4-5-11(13)16-15-10/h4-5,7H,3,6H2,1-2H3,(H2,13,16)(H,14,19). The molecule has 2 aromatic heterocycles. The average Bonchev–Trinajstić information content (AvgIpc) is 2.77. The number of nitrogen functional groups attached to an aromatic ring is 1. The first-order chi connectivity index (χ1) is 9.10. The normalized spacial score (nSPS) is 10.4. The summed E-state index contributed by atoms with van der Waals surface area (Å²) in [5, 5.41) is 14.5. The molecule has 0 unspecified atom stereocenters. The molecule has 100 valence electrons. The first-order valence-corrected chi connectivity index (χ1v) is 5.99. The molecule has 3 N–H and O–H groups in total. The summed E-state index contributed by atoms with van der Waals surface area (Å²) in [6.45, 7) is 2.45. The van der Waals surface area contributed by atoms with Crippen molar-refractivity contribution in [2.24, 2.45) is 7.05 Å². The molecule has 0 saturated carbocycles. The Kier molecular flexibility index (Phi) is 3.74. The van der Waals surface area contributed by atoms with Crippen LogP contribution in [0, 0.1) is 0 Å². The zero-order valence-corrected chi connectivity index (χ0v) is 10.9. The Bertz CT molecular complexity index is 574. The van der Waals surface area contributed by atoms with Crippen molar-refractivity contribution in [3.8, 4) is 0 Å². The first-order valence-electron chi connectivity index (χ1n) is 5.99. The van der Waals surface area contributed by atoms with Gasteiger partial charge in [0.1, 0.15) is 5.82 Å². The highest BCUT2D eigenvalue weighted by Crippen LogP contribution is 2.07. The van der Waals surface area contributed by atoms with Gasteiger partial charge in [0.2, 0.25) is 0 Å². The molecular formula is C12H16N6O. The van der Waals surface area contributed by atoms with Crippen molar-refractivity contribution >= 4 is 11.7 Å². The second-order valence-corrected chi connectivity index (χ2v) is 4.15. The predicted octanol–water partition coefficient (Wildman–Crippen LogP) is 0.285. The lowest BCUT2D eigenvalue weighted by molar-refractivity contribution is 0.0945. The predicted molar refractivity (Wildman–Crippen MR) is 70.2 cm³/mol. The number of carbonyl (C=O) groups excluding carboxylic acids is 1. The van der Waals surface area contributed by atoms with Gasteiger partial charge in [-0.15, -0.1) is 10.2 Å². The van der Waals surface area contributed by atoms with Crippen LogP contribution in [0.2, 0.25) is 0 Å². The number of aromatic nitrogens is 4. The quantitative estimate of drug-likeness (QED) is 0.823. The lowest BCUT2D eigenvalue weighted by atomic mass is 10.2. The molecule has 0 saturated heterocycles. The van der Waals surface area contributed by atoms with E-state index in [1.165, 1.54) is 0 Å². The lowest BCUT2D eigenvalue weighted by Crippen LogP contribution is -2.24. The van der Waals surface area contributed by atoms with Gasteiger partial charge < -0.3 is 11.1 Å². The highest BCUT2D eigenvalue weighted by Gasteiger charge is 2.10. The van der Waals surface area contributed by atoms with Gasteiger partial charge in [0.15, 0.2) is 5.69 Å². The van der Waals surface area contributed by atoms with Gasteiger partial charge in [0, 0.05) is 25.4 Å². The minimum atomic E-state index is -0.279. The van der Waals surface area contributed by atoms with Crippen molar-refractivity contribution in [2.75, 3.05) is 5.73 Å². The number of nitrogens with zero attached hydrogens (tertiary/aromatic N) is 4. The molecular weight excluding hydrogens is 244 g/mol. The van der Waals surface area contributed by atoms with E-state index in [9.17, 15) is 4.79 Å². The largest absolute Gasteiger partial charge is 0.382 e. The SMILES string of the molecule is CCc1nn(C)cc1CNC(=O)c1ccc(N)nn1. The van der Waals surface area contributed by atoms with E-state index in [0.717, 1.165) is 17.7 Å². The number of aryl methyl sites for hydroxylation is 2. The van der Waals surface area contributed by atoms with Crippen molar-refractivity contribution in [1.82, 2.24) is 25.3 Å². The second-order valence-electron chi connectivity index (χ2n) is 4.15. The first kappa shape index (κ1) is 13.0. The zero-order valence-electron chi connectivity index (χ0n) is 10.9. The van der Waals surface area contributed by atoms with Gasteiger partial charge in [-0.05, 0) is 18.6 Å². The van der Waals surface area contributed by atoms with E-state index in [2.05, 4.69) is 20.6 Å². The fourth-order valence-electron chi connectivity index (χ4n) is 1.76. The van der Waals surface area contributed by atoms with Gasteiger partial charge in [-0.2, -0.15) is 5.10 Å². The molecule has 0 aromatic carbocycles. The highest BCUT2D eigenvalue weighted by molar-refractivity contribution is 5.92. The molecule has 2 rings (SSSR count). The van der Waals surface area contributed by atoms with Crippen molar-refractivity contribution in [3.63, 3.8) is 0 Å². The molecule has 7 nitrogen and oxygen atoms in total. The second kappa shape index (κ2) is 5.47. The van der Waals surface area contributed by atoms with Gasteiger partial charge in [0.05, 0.1) is 5.69 Å². The molecule has 0 bridgehead atoms. The third kappa shape index (κ3) is 3.06. The molecule has 0 radical (unpaired) electrons. The topological polar surface area (TPSA) is 98.7 Å². The van der Waals surface area contributed by atoms with Crippen LogP contribution in [0.25, 0.3) is 0 Å². The van der Waals surface area contributed by atoms with E-state index in [4.69, 9.17) is 5.73 Å². The van der Waals surface area contributed by atoms with Gasteiger partial charge in [-0.25, -0.2) is 0 Å². The molecule has 0 spiro atoms. The maximum absolute atomic E-state index is 11.9. The maximum atomic E-state index is 11.9. The summed E-state index contributed by atoms with van der Waals surface area (Å²) >= 11 is 0. The van der Waals surface area contributed by atoms with Crippen LogP contribution >= 0.6 is 0 Å². The third-order valence-corrected chi connectivity index (χ3v) is 2.68. The van der Waals surface area contributed by atoms with E-state index in [1.54, 1.807) is 16.8 Å². The van der Waals surface area contributed by atoms with Crippen LogP contribution in [0.5, 0.6) is 0 Å². The van der Waals surface area contributed by atoms with Gasteiger partial charge in [-0.3, -0.25) is 9.48 Å². The van der Waals surface area contributed by atoms with Crippen molar-refractivity contribution in [2.45, 2.75) is 19.9 Å². The van der Waals surface area contributed by atoms with Crippen LogP contribution < -0.4 is 11.1 Å². The Morgan fingerprint density at radius 1 is 1.42 bits per heavy atom. The van der Waals surface area contributed by atoms with Crippen LogP contribution in [-0.2, 0) is 20.0 Å². The molecule has 0 atom stereocenters. The Labute approximate surface area is 110 Å². The number of nitrogens with one attached hydrogen (secondary N) is 1. The Morgan fingerprint density at radius 3 is 2.84 bits per heavy atom. The smallest absolute Gasteiger partial charge is 0.272 e. The fourth-order valence-corrected chi connectivity index (χ4v) is 1.76. The maximum Gasteiger partial charge on any atom is 0.272 e. The summed E-state index contributed by atoms with van der Waals surface area (Å²) in [5.41, 5.74) is 7.64. The van der Waals surface area contributed by atoms with Crippen molar-refractivity contribution in [1.29, 1.82) is 0 Å². The van der Waals surface area contributed by atoms with Crippen LogP contribution in [0.3, 0.4) is 0 Å². The van der Waals surface area contributed by atoms with Crippen molar-refractivity contribution < 1.29 is 4.79 Å². The molecule has 7 heteroatoms. The average molecular weight is 260 g/mol.